The number of rotatable bonds is 2. The van der Waals surface area contributed by atoms with Gasteiger partial charge in [-0.3, -0.25) is 0 Å². The molecule has 1 aromatic heterocycles. The van der Waals surface area contributed by atoms with Crippen molar-refractivity contribution in [3.05, 3.63) is 24.0 Å². The average molecular weight is 197 g/mol. The molecule has 0 aliphatic carbocycles. The monoisotopic (exact) mass is 197 g/mol. The van der Waals surface area contributed by atoms with Crippen LogP contribution in [-0.2, 0) is 6.42 Å². The Hall–Kier alpha value is -0.840. The van der Waals surface area contributed by atoms with Gasteiger partial charge in [-0.2, -0.15) is 0 Å². The summed E-state index contributed by atoms with van der Waals surface area (Å²) in [5, 5.41) is 14.9. The molecule has 0 saturated carbocycles. The number of nitrogens with one attached hydrogen (secondary N) is 3. The first-order valence-electron chi connectivity index (χ1n) is 5.08. The number of aliphatic hydroxyl groups excluding tert-OH is 1. The van der Waals surface area contributed by atoms with Gasteiger partial charge in [-0.05, 0) is 12.1 Å². The predicted molar refractivity (Wildman–Crippen MR) is 57.3 cm³/mol. The molecule has 4 nitrogen and oxygen atoms in total. The zero-order chi connectivity index (χ0) is 10.1. The first kappa shape index (κ1) is 11.2. The van der Waals surface area contributed by atoms with Gasteiger partial charge in [0.2, 0.25) is 0 Å². The third-order valence-corrected chi connectivity index (χ3v) is 2.00. The van der Waals surface area contributed by atoms with Crippen LogP contribution in [0, 0.1) is 0 Å². The number of H-pyrrole nitrogens is 1. The molecule has 2 rings (SSSR count). The molecule has 14 heavy (non-hydrogen) atoms. The van der Waals surface area contributed by atoms with E-state index in [-0.39, 0.29) is 6.61 Å². The molecule has 0 bridgehead atoms. The molecule has 1 aliphatic heterocycles. The van der Waals surface area contributed by atoms with Gasteiger partial charge in [0.25, 0.3) is 0 Å². The van der Waals surface area contributed by atoms with Crippen molar-refractivity contribution in [2.45, 2.75) is 6.42 Å². The van der Waals surface area contributed by atoms with Crippen LogP contribution in [0.3, 0.4) is 0 Å². The molecule has 80 valence electrons. The summed E-state index contributed by atoms with van der Waals surface area (Å²) in [6, 6.07) is 3.88. The van der Waals surface area contributed by atoms with E-state index in [2.05, 4.69) is 15.6 Å². The van der Waals surface area contributed by atoms with Crippen molar-refractivity contribution in [1.82, 2.24) is 15.6 Å². The van der Waals surface area contributed by atoms with Crippen LogP contribution in [0.1, 0.15) is 5.69 Å². The lowest BCUT2D eigenvalue weighted by atomic mass is 10.3. The van der Waals surface area contributed by atoms with Crippen LogP contribution in [0.4, 0.5) is 0 Å². The van der Waals surface area contributed by atoms with Crippen molar-refractivity contribution in [1.29, 1.82) is 0 Å². The Morgan fingerprint density at radius 2 is 1.79 bits per heavy atom. The minimum Gasteiger partial charge on any atom is -0.396 e. The van der Waals surface area contributed by atoms with E-state index in [4.69, 9.17) is 5.11 Å². The molecule has 1 aromatic rings. The summed E-state index contributed by atoms with van der Waals surface area (Å²) in [5.74, 6) is 0. The molecule has 2 heterocycles. The van der Waals surface area contributed by atoms with Crippen LogP contribution in [0.2, 0.25) is 0 Å². The molecule has 0 amide bonds. The number of aliphatic hydroxyl groups is 1. The van der Waals surface area contributed by atoms with E-state index in [1.807, 2.05) is 18.3 Å². The van der Waals surface area contributed by atoms with Crippen molar-refractivity contribution in [2.75, 3.05) is 32.8 Å². The van der Waals surface area contributed by atoms with E-state index < -0.39 is 0 Å². The van der Waals surface area contributed by atoms with Crippen molar-refractivity contribution < 1.29 is 5.11 Å². The van der Waals surface area contributed by atoms with Gasteiger partial charge in [0.15, 0.2) is 0 Å². The fourth-order valence-corrected chi connectivity index (χ4v) is 1.25. The van der Waals surface area contributed by atoms with Gasteiger partial charge >= 0.3 is 0 Å². The second-order valence-corrected chi connectivity index (χ2v) is 3.17. The summed E-state index contributed by atoms with van der Waals surface area (Å²) in [6.07, 6.45) is 2.58. The van der Waals surface area contributed by atoms with E-state index in [0.717, 1.165) is 38.3 Å². The highest BCUT2D eigenvalue weighted by Crippen LogP contribution is 1.92. The Kier molecular flexibility index (Phi) is 6.06. The van der Waals surface area contributed by atoms with Crippen LogP contribution in [-0.4, -0.2) is 42.9 Å². The lowest BCUT2D eigenvalue weighted by Gasteiger charge is -2.11. The predicted octanol–water partition coefficient (Wildman–Crippen LogP) is -0.271. The van der Waals surface area contributed by atoms with Gasteiger partial charge in [-0.25, -0.2) is 0 Å². The van der Waals surface area contributed by atoms with Crippen molar-refractivity contribution in [3.8, 4) is 0 Å². The standard InChI is InChI=1S/C6H9NO.C4H10N2/c8-5-3-6-2-1-4-7-6;1-2-6-4-3-5-1/h1-2,4,7-8H,3,5H2;5-6H,1-4H2. The van der Waals surface area contributed by atoms with E-state index in [9.17, 15) is 0 Å². The minimum absolute atomic E-state index is 0.223. The lowest BCUT2D eigenvalue weighted by Crippen LogP contribution is -2.39. The molecule has 0 aromatic carbocycles. The molecule has 1 saturated heterocycles. The topological polar surface area (TPSA) is 60.1 Å². The molecule has 0 spiro atoms. The van der Waals surface area contributed by atoms with Gasteiger partial charge in [-0.15, -0.1) is 0 Å². The quantitative estimate of drug-likeness (QED) is 0.528. The van der Waals surface area contributed by atoms with Crippen molar-refractivity contribution in [3.63, 3.8) is 0 Å². The summed E-state index contributed by atoms with van der Waals surface area (Å²) >= 11 is 0. The maximum Gasteiger partial charge on any atom is 0.0485 e. The molecule has 4 N–H and O–H groups in total. The lowest BCUT2D eigenvalue weighted by molar-refractivity contribution is 0.298. The summed E-state index contributed by atoms with van der Waals surface area (Å²) in [6.45, 7) is 4.78. The first-order chi connectivity index (χ1) is 6.93. The van der Waals surface area contributed by atoms with Gasteiger partial charge in [-0.1, -0.05) is 0 Å². The average Bonchev–Trinajstić information content (AvgIpc) is 2.75. The maximum atomic E-state index is 8.42. The normalized spacial score (nSPS) is 15.8. The van der Waals surface area contributed by atoms with Crippen molar-refractivity contribution >= 4 is 0 Å². The minimum atomic E-state index is 0.223. The van der Waals surface area contributed by atoms with Gasteiger partial charge in [0.05, 0.1) is 0 Å². The van der Waals surface area contributed by atoms with Crippen LogP contribution in [0.15, 0.2) is 18.3 Å². The van der Waals surface area contributed by atoms with Gasteiger partial charge < -0.3 is 20.7 Å². The summed E-state index contributed by atoms with van der Waals surface area (Å²) < 4.78 is 0. The summed E-state index contributed by atoms with van der Waals surface area (Å²) in [7, 11) is 0. The third-order valence-electron chi connectivity index (χ3n) is 2.00. The van der Waals surface area contributed by atoms with Crippen molar-refractivity contribution in [2.24, 2.45) is 0 Å². The molecular formula is C10H19N3O. The smallest absolute Gasteiger partial charge is 0.0485 e. The fraction of sp³-hybridized carbons (Fsp3) is 0.600. The maximum absolute atomic E-state index is 8.42. The van der Waals surface area contributed by atoms with Crippen LogP contribution >= 0.6 is 0 Å². The number of piperazine rings is 1. The van der Waals surface area contributed by atoms with Crippen LogP contribution in [0.5, 0.6) is 0 Å². The Balaban J connectivity index is 0.000000146. The van der Waals surface area contributed by atoms with E-state index in [0.29, 0.717) is 0 Å². The second kappa shape index (κ2) is 7.55. The number of aromatic amines is 1. The zero-order valence-electron chi connectivity index (χ0n) is 8.42. The van der Waals surface area contributed by atoms with Gasteiger partial charge in [0, 0.05) is 51.1 Å². The van der Waals surface area contributed by atoms with E-state index in [1.54, 1.807) is 0 Å². The van der Waals surface area contributed by atoms with E-state index in [1.165, 1.54) is 0 Å². The van der Waals surface area contributed by atoms with Crippen LogP contribution < -0.4 is 10.6 Å². The van der Waals surface area contributed by atoms with Crippen LogP contribution in [0.25, 0.3) is 0 Å². The SMILES string of the molecule is C1CNCCN1.OCCc1ccc[nH]1. The second-order valence-electron chi connectivity index (χ2n) is 3.17. The molecule has 1 aliphatic rings. The first-order valence-corrected chi connectivity index (χ1v) is 5.08. The molecule has 1 fully saturated rings. The Morgan fingerprint density at radius 3 is 2.14 bits per heavy atom. The number of hydrogen-bond donors (Lipinski definition) is 4. The Labute approximate surface area is 84.7 Å². The summed E-state index contributed by atoms with van der Waals surface area (Å²) in [5.41, 5.74) is 1.09. The zero-order valence-corrected chi connectivity index (χ0v) is 8.42. The highest BCUT2D eigenvalue weighted by Gasteiger charge is 1.91. The van der Waals surface area contributed by atoms with Gasteiger partial charge in [0.1, 0.15) is 0 Å². The molecule has 4 heteroatoms. The van der Waals surface area contributed by atoms with E-state index >= 15 is 0 Å². The molecular weight excluding hydrogens is 178 g/mol. The molecule has 0 unspecified atom stereocenters. The largest absolute Gasteiger partial charge is 0.396 e. The highest BCUT2D eigenvalue weighted by molar-refractivity contribution is 5.03. The highest BCUT2D eigenvalue weighted by atomic mass is 16.3. The Bertz CT molecular complexity index is 196. The third kappa shape index (κ3) is 5.01. The number of aromatic nitrogens is 1. The molecule has 0 atom stereocenters. The molecule has 0 radical (unpaired) electrons. The number of hydrogen-bond acceptors (Lipinski definition) is 3. The summed E-state index contributed by atoms with van der Waals surface area (Å²) in [4.78, 5) is 2.98. The fourth-order valence-electron chi connectivity index (χ4n) is 1.25. The Morgan fingerprint density at radius 1 is 1.14 bits per heavy atom.